The van der Waals surface area contributed by atoms with Crippen molar-refractivity contribution in [1.82, 2.24) is 14.9 Å². The minimum absolute atomic E-state index is 0.101. The second-order valence-corrected chi connectivity index (χ2v) is 8.93. The third kappa shape index (κ3) is 4.81. The van der Waals surface area contributed by atoms with Gasteiger partial charge in [-0.25, -0.2) is 9.97 Å². The van der Waals surface area contributed by atoms with E-state index >= 15 is 0 Å². The highest BCUT2D eigenvalue weighted by atomic mass is 16.5. The van der Waals surface area contributed by atoms with Crippen molar-refractivity contribution in [1.29, 1.82) is 0 Å². The van der Waals surface area contributed by atoms with Crippen LogP contribution in [0.5, 0.6) is 5.88 Å². The number of rotatable bonds is 7. The lowest BCUT2D eigenvalue weighted by Gasteiger charge is -2.35. The average molecular weight is 408 g/mol. The fourth-order valence-corrected chi connectivity index (χ4v) is 3.99. The van der Waals surface area contributed by atoms with E-state index in [1.807, 2.05) is 32.3 Å². The number of ether oxygens (including phenoxy) is 1. The SMILES string of the molecule is CC(C)CCN1CCN(c2cc(C3=NCc4cnc(OC(C)C)cc43)ccn2)CC1. The Morgan fingerprint density at radius 1 is 1.03 bits per heavy atom. The first-order chi connectivity index (χ1) is 14.5. The van der Waals surface area contributed by atoms with E-state index in [0.29, 0.717) is 12.4 Å². The molecule has 6 heteroatoms. The van der Waals surface area contributed by atoms with Crippen molar-refractivity contribution in [3.05, 3.63) is 47.3 Å². The first kappa shape index (κ1) is 20.8. The molecule has 0 saturated carbocycles. The van der Waals surface area contributed by atoms with Crippen LogP contribution < -0.4 is 9.64 Å². The normalized spacial score (nSPS) is 16.9. The molecule has 0 amide bonds. The molecule has 2 aliphatic heterocycles. The van der Waals surface area contributed by atoms with Crippen LogP contribution in [0.2, 0.25) is 0 Å². The Morgan fingerprint density at radius 2 is 1.83 bits per heavy atom. The number of piperazine rings is 1. The maximum absolute atomic E-state index is 5.80. The van der Waals surface area contributed by atoms with Gasteiger partial charge < -0.3 is 9.64 Å². The fraction of sp³-hybridized carbons (Fsp3) is 0.542. The topological polar surface area (TPSA) is 53.9 Å². The van der Waals surface area contributed by atoms with E-state index in [-0.39, 0.29) is 6.10 Å². The Labute approximate surface area is 180 Å². The summed E-state index contributed by atoms with van der Waals surface area (Å²) in [6.07, 6.45) is 5.17. The van der Waals surface area contributed by atoms with Crippen LogP contribution in [0.15, 0.2) is 35.6 Å². The Hall–Kier alpha value is -2.47. The Balaban J connectivity index is 1.47. The summed E-state index contributed by atoms with van der Waals surface area (Å²) in [6, 6.07) is 6.26. The number of aromatic nitrogens is 2. The number of pyridine rings is 2. The van der Waals surface area contributed by atoms with E-state index in [4.69, 9.17) is 9.73 Å². The molecule has 0 radical (unpaired) electrons. The van der Waals surface area contributed by atoms with Crippen molar-refractivity contribution < 1.29 is 4.74 Å². The number of fused-ring (bicyclic) bond motifs is 1. The van der Waals surface area contributed by atoms with Gasteiger partial charge >= 0.3 is 0 Å². The molecule has 4 heterocycles. The lowest BCUT2D eigenvalue weighted by atomic mass is 10.0. The van der Waals surface area contributed by atoms with Crippen LogP contribution in [0.25, 0.3) is 0 Å². The number of nitrogens with zero attached hydrogens (tertiary/aromatic N) is 5. The predicted molar refractivity (Wildman–Crippen MR) is 122 cm³/mol. The largest absolute Gasteiger partial charge is 0.475 e. The van der Waals surface area contributed by atoms with Gasteiger partial charge in [-0.1, -0.05) is 13.8 Å². The monoisotopic (exact) mass is 407 g/mol. The average Bonchev–Trinajstić information content (AvgIpc) is 3.15. The smallest absolute Gasteiger partial charge is 0.214 e. The molecule has 1 saturated heterocycles. The summed E-state index contributed by atoms with van der Waals surface area (Å²) < 4.78 is 5.80. The van der Waals surface area contributed by atoms with Gasteiger partial charge in [0.15, 0.2) is 0 Å². The molecule has 0 aliphatic carbocycles. The third-order valence-corrected chi connectivity index (χ3v) is 5.72. The molecule has 4 rings (SSSR count). The van der Waals surface area contributed by atoms with Crippen molar-refractivity contribution in [3.8, 4) is 5.88 Å². The predicted octanol–water partition coefficient (Wildman–Crippen LogP) is 3.78. The van der Waals surface area contributed by atoms with Gasteiger partial charge in [0, 0.05) is 61.3 Å². The number of anilines is 1. The van der Waals surface area contributed by atoms with Gasteiger partial charge in [-0.05, 0) is 44.9 Å². The van der Waals surface area contributed by atoms with Crippen molar-refractivity contribution in [3.63, 3.8) is 0 Å². The summed E-state index contributed by atoms with van der Waals surface area (Å²) in [5, 5.41) is 0. The summed E-state index contributed by atoms with van der Waals surface area (Å²) >= 11 is 0. The molecule has 2 aromatic heterocycles. The lowest BCUT2D eigenvalue weighted by Crippen LogP contribution is -2.47. The van der Waals surface area contributed by atoms with E-state index in [9.17, 15) is 0 Å². The lowest BCUT2D eigenvalue weighted by molar-refractivity contribution is 0.232. The number of aliphatic imine (C=N–C) groups is 1. The maximum atomic E-state index is 5.80. The van der Waals surface area contributed by atoms with Crippen molar-refractivity contribution in [2.45, 2.75) is 46.8 Å². The molecule has 2 aliphatic rings. The van der Waals surface area contributed by atoms with Crippen molar-refractivity contribution in [2.24, 2.45) is 10.9 Å². The summed E-state index contributed by atoms with van der Waals surface area (Å²) in [5.41, 5.74) is 4.40. The molecule has 0 atom stereocenters. The Morgan fingerprint density at radius 3 is 2.57 bits per heavy atom. The first-order valence-corrected chi connectivity index (χ1v) is 11.1. The van der Waals surface area contributed by atoms with Crippen LogP contribution in [0.1, 0.15) is 50.8 Å². The quantitative estimate of drug-likeness (QED) is 0.699. The minimum atomic E-state index is 0.101. The highest BCUT2D eigenvalue weighted by Gasteiger charge is 2.22. The zero-order valence-corrected chi connectivity index (χ0v) is 18.6. The number of hydrogen-bond donors (Lipinski definition) is 0. The molecule has 0 aromatic carbocycles. The van der Waals surface area contributed by atoms with Crippen LogP contribution in [-0.4, -0.2) is 59.4 Å². The second-order valence-electron chi connectivity index (χ2n) is 8.93. The molecular weight excluding hydrogens is 374 g/mol. The molecule has 160 valence electrons. The maximum Gasteiger partial charge on any atom is 0.214 e. The van der Waals surface area contributed by atoms with E-state index in [0.717, 1.165) is 60.3 Å². The summed E-state index contributed by atoms with van der Waals surface area (Å²) in [4.78, 5) is 18.8. The van der Waals surface area contributed by atoms with Gasteiger partial charge in [0.25, 0.3) is 0 Å². The molecule has 1 fully saturated rings. The Kier molecular flexibility index (Phi) is 6.32. The van der Waals surface area contributed by atoms with Crippen LogP contribution >= 0.6 is 0 Å². The van der Waals surface area contributed by atoms with Gasteiger partial charge in [0.05, 0.1) is 18.4 Å². The van der Waals surface area contributed by atoms with Crippen LogP contribution in [0.4, 0.5) is 5.82 Å². The highest BCUT2D eigenvalue weighted by molar-refractivity contribution is 6.15. The highest BCUT2D eigenvalue weighted by Crippen LogP contribution is 2.27. The van der Waals surface area contributed by atoms with E-state index in [1.165, 1.54) is 13.0 Å². The molecule has 0 unspecified atom stereocenters. The molecular formula is C24H33N5O. The van der Waals surface area contributed by atoms with Gasteiger partial charge in [-0.3, -0.25) is 9.89 Å². The molecule has 0 spiro atoms. The van der Waals surface area contributed by atoms with Gasteiger partial charge in [-0.2, -0.15) is 0 Å². The van der Waals surface area contributed by atoms with E-state index in [2.05, 4.69) is 45.7 Å². The van der Waals surface area contributed by atoms with Crippen molar-refractivity contribution >= 4 is 11.5 Å². The minimum Gasteiger partial charge on any atom is -0.475 e. The summed E-state index contributed by atoms with van der Waals surface area (Å²) in [7, 11) is 0. The molecule has 0 N–H and O–H groups in total. The van der Waals surface area contributed by atoms with Gasteiger partial charge in [-0.15, -0.1) is 0 Å². The third-order valence-electron chi connectivity index (χ3n) is 5.72. The van der Waals surface area contributed by atoms with Crippen LogP contribution in [0.3, 0.4) is 0 Å². The van der Waals surface area contributed by atoms with Gasteiger partial charge in [0.1, 0.15) is 5.82 Å². The molecule has 2 aromatic rings. The van der Waals surface area contributed by atoms with Gasteiger partial charge in [0.2, 0.25) is 5.88 Å². The first-order valence-electron chi connectivity index (χ1n) is 11.1. The molecule has 0 bridgehead atoms. The Bertz CT molecular complexity index is 900. The second kappa shape index (κ2) is 9.13. The standard InChI is InChI=1S/C24H33N5O/c1-17(2)6-8-28-9-11-29(12-10-28)22-13-19(5-7-25-22)24-21-14-23(30-18(3)4)26-15-20(21)16-27-24/h5,7,13-15,17-18H,6,8-12,16H2,1-4H3. The van der Waals surface area contributed by atoms with Crippen LogP contribution in [-0.2, 0) is 6.54 Å². The fourth-order valence-electron chi connectivity index (χ4n) is 3.99. The number of hydrogen-bond acceptors (Lipinski definition) is 6. The summed E-state index contributed by atoms with van der Waals surface area (Å²) in [5.74, 6) is 2.46. The van der Waals surface area contributed by atoms with E-state index in [1.54, 1.807) is 0 Å². The van der Waals surface area contributed by atoms with E-state index < -0.39 is 0 Å². The summed E-state index contributed by atoms with van der Waals surface area (Å²) in [6.45, 7) is 14.7. The molecule has 30 heavy (non-hydrogen) atoms. The molecule has 6 nitrogen and oxygen atoms in total. The zero-order chi connectivity index (χ0) is 21.1. The van der Waals surface area contributed by atoms with Crippen molar-refractivity contribution in [2.75, 3.05) is 37.6 Å². The van der Waals surface area contributed by atoms with Crippen LogP contribution in [0, 0.1) is 5.92 Å². The zero-order valence-electron chi connectivity index (χ0n) is 18.6.